The van der Waals surface area contributed by atoms with Gasteiger partial charge in [0.2, 0.25) is 0 Å². The van der Waals surface area contributed by atoms with Crippen LogP contribution in [0.3, 0.4) is 0 Å². The first kappa shape index (κ1) is 10.6. The van der Waals surface area contributed by atoms with Crippen LogP contribution in [0.1, 0.15) is 19.4 Å². The maximum Gasteiger partial charge on any atom is 0.127 e. The summed E-state index contributed by atoms with van der Waals surface area (Å²) in [5, 5.41) is 3.84. The van der Waals surface area contributed by atoms with Crippen LogP contribution in [0.4, 0.5) is 0 Å². The Kier molecular flexibility index (Phi) is 3.98. The van der Waals surface area contributed by atoms with Gasteiger partial charge in [-0.2, -0.15) is 0 Å². The Hall–Kier alpha value is -1.51. The molecule has 3 nitrogen and oxygen atoms in total. The van der Waals surface area contributed by atoms with Gasteiger partial charge in [0.1, 0.15) is 11.9 Å². The molecule has 1 aromatic rings. The quantitative estimate of drug-likeness (QED) is 0.543. The van der Waals surface area contributed by atoms with Crippen molar-refractivity contribution in [2.24, 2.45) is 5.16 Å². The van der Waals surface area contributed by atoms with Crippen LogP contribution in [0.25, 0.3) is 0 Å². The Morgan fingerprint density at radius 2 is 2.00 bits per heavy atom. The van der Waals surface area contributed by atoms with E-state index in [0.717, 1.165) is 11.3 Å². The molecular weight excluding hydrogens is 178 g/mol. The zero-order valence-corrected chi connectivity index (χ0v) is 8.73. The van der Waals surface area contributed by atoms with Gasteiger partial charge in [-0.15, -0.1) is 0 Å². The number of hydrogen-bond donors (Lipinski definition) is 0. The number of para-hydroxylation sites is 1. The lowest BCUT2D eigenvalue weighted by Crippen LogP contribution is -1.97. The molecular formula is C11H15NO2. The van der Waals surface area contributed by atoms with Crippen LogP contribution in [-0.4, -0.2) is 19.4 Å². The van der Waals surface area contributed by atoms with Crippen molar-refractivity contribution < 1.29 is 9.57 Å². The average molecular weight is 193 g/mol. The summed E-state index contributed by atoms with van der Waals surface area (Å²) in [5.74, 6) is 0.795. The Morgan fingerprint density at radius 3 is 2.64 bits per heavy atom. The van der Waals surface area contributed by atoms with Gasteiger partial charge in [0.25, 0.3) is 0 Å². The van der Waals surface area contributed by atoms with Gasteiger partial charge in [-0.3, -0.25) is 0 Å². The van der Waals surface area contributed by atoms with E-state index in [-0.39, 0.29) is 6.10 Å². The second-order valence-corrected chi connectivity index (χ2v) is 3.13. The molecule has 0 aromatic heterocycles. The van der Waals surface area contributed by atoms with Gasteiger partial charge in [-0.25, -0.2) is 0 Å². The first-order chi connectivity index (χ1) is 6.74. The maximum atomic E-state index is 5.16. The van der Waals surface area contributed by atoms with Crippen LogP contribution in [-0.2, 0) is 4.84 Å². The fourth-order valence-corrected chi connectivity index (χ4v) is 0.982. The summed E-state index contributed by atoms with van der Waals surface area (Å²) in [6.45, 7) is 3.86. The number of ether oxygens (including phenoxy) is 1. The summed E-state index contributed by atoms with van der Waals surface area (Å²) in [7, 11) is 1.63. The van der Waals surface area contributed by atoms with Gasteiger partial charge in [0.05, 0.1) is 13.3 Å². The monoisotopic (exact) mass is 193 g/mol. The molecule has 0 aliphatic rings. The Balaban J connectivity index is 2.70. The Morgan fingerprint density at radius 1 is 1.29 bits per heavy atom. The van der Waals surface area contributed by atoms with E-state index in [4.69, 9.17) is 9.57 Å². The molecule has 0 unspecified atom stereocenters. The van der Waals surface area contributed by atoms with Crippen molar-refractivity contribution in [1.82, 2.24) is 0 Å². The van der Waals surface area contributed by atoms with Gasteiger partial charge in [0.15, 0.2) is 0 Å². The van der Waals surface area contributed by atoms with E-state index < -0.39 is 0 Å². The van der Waals surface area contributed by atoms with Gasteiger partial charge < -0.3 is 9.57 Å². The number of hydrogen-bond acceptors (Lipinski definition) is 3. The van der Waals surface area contributed by atoms with E-state index in [1.165, 1.54) is 0 Å². The molecule has 0 saturated heterocycles. The third kappa shape index (κ3) is 3.09. The third-order valence-corrected chi connectivity index (χ3v) is 1.60. The van der Waals surface area contributed by atoms with Crippen molar-refractivity contribution >= 4 is 6.21 Å². The van der Waals surface area contributed by atoms with E-state index in [9.17, 15) is 0 Å². The average Bonchev–Trinajstić information content (AvgIpc) is 2.18. The highest BCUT2D eigenvalue weighted by Gasteiger charge is 1.97. The molecule has 76 valence electrons. The van der Waals surface area contributed by atoms with Crippen molar-refractivity contribution in [2.75, 3.05) is 7.11 Å². The summed E-state index contributed by atoms with van der Waals surface area (Å²) in [6, 6.07) is 7.65. The van der Waals surface area contributed by atoms with E-state index in [0.29, 0.717) is 0 Å². The lowest BCUT2D eigenvalue weighted by atomic mass is 10.2. The summed E-state index contributed by atoms with van der Waals surface area (Å²) in [4.78, 5) is 5.06. The Labute approximate surface area is 84.3 Å². The van der Waals surface area contributed by atoms with Crippen LogP contribution in [0.5, 0.6) is 5.75 Å². The third-order valence-electron chi connectivity index (χ3n) is 1.60. The molecule has 0 bridgehead atoms. The van der Waals surface area contributed by atoms with E-state index in [1.54, 1.807) is 13.3 Å². The zero-order chi connectivity index (χ0) is 10.4. The van der Waals surface area contributed by atoms with Crippen molar-refractivity contribution in [2.45, 2.75) is 20.0 Å². The number of oxime groups is 1. The molecule has 0 aliphatic carbocycles. The summed E-state index contributed by atoms with van der Waals surface area (Å²) in [5.41, 5.74) is 0.913. The van der Waals surface area contributed by atoms with Crippen LogP contribution < -0.4 is 4.74 Å². The molecule has 0 aliphatic heterocycles. The van der Waals surface area contributed by atoms with Crippen molar-refractivity contribution in [1.29, 1.82) is 0 Å². The highest BCUT2D eigenvalue weighted by Crippen LogP contribution is 2.14. The molecule has 0 amide bonds. The zero-order valence-electron chi connectivity index (χ0n) is 8.73. The van der Waals surface area contributed by atoms with Gasteiger partial charge in [0, 0.05) is 5.56 Å². The van der Waals surface area contributed by atoms with Crippen molar-refractivity contribution in [3.63, 3.8) is 0 Å². The number of nitrogens with zero attached hydrogens (tertiary/aromatic N) is 1. The molecule has 0 saturated carbocycles. The van der Waals surface area contributed by atoms with Crippen LogP contribution in [0.15, 0.2) is 29.4 Å². The van der Waals surface area contributed by atoms with Crippen molar-refractivity contribution in [3.05, 3.63) is 29.8 Å². The second kappa shape index (κ2) is 5.27. The minimum atomic E-state index is 0.0981. The predicted molar refractivity (Wildman–Crippen MR) is 56.8 cm³/mol. The maximum absolute atomic E-state index is 5.16. The van der Waals surface area contributed by atoms with Crippen LogP contribution >= 0.6 is 0 Å². The van der Waals surface area contributed by atoms with Crippen LogP contribution in [0.2, 0.25) is 0 Å². The van der Waals surface area contributed by atoms with E-state index in [2.05, 4.69) is 5.16 Å². The molecule has 1 rings (SSSR count). The van der Waals surface area contributed by atoms with Gasteiger partial charge >= 0.3 is 0 Å². The molecule has 14 heavy (non-hydrogen) atoms. The first-order valence-electron chi connectivity index (χ1n) is 4.56. The molecule has 0 N–H and O–H groups in total. The summed E-state index contributed by atoms with van der Waals surface area (Å²) < 4.78 is 5.16. The van der Waals surface area contributed by atoms with E-state index in [1.807, 2.05) is 38.1 Å². The van der Waals surface area contributed by atoms with E-state index >= 15 is 0 Å². The minimum absolute atomic E-state index is 0.0981. The summed E-state index contributed by atoms with van der Waals surface area (Å²) in [6.07, 6.45) is 1.75. The fourth-order valence-electron chi connectivity index (χ4n) is 0.982. The molecule has 0 atom stereocenters. The number of rotatable bonds is 4. The molecule has 0 spiro atoms. The highest BCUT2D eigenvalue weighted by atomic mass is 16.6. The molecule has 3 heteroatoms. The highest BCUT2D eigenvalue weighted by molar-refractivity contribution is 5.82. The minimum Gasteiger partial charge on any atom is -0.496 e. The second-order valence-electron chi connectivity index (χ2n) is 3.13. The fraction of sp³-hybridized carbons (Fsp3) is 0.364. The normalized spacial score (nSPS) is 10.9. The van der Waals surface area contributed by atoms with Crippen molar-refractivity contribution in [3.8, 4) is 5.75 Å². The molecule has 0 heterocycles. The molecule has 0 fully saturated rings. The first-order valence-corrected chi connectivity index (χ1v) is 4.56. The lowest BCUT2D eigenvalue weighted by molar-refractivity contribution is 0.0873. The number of benzene rings is 1. The van der Waals surface area contributed by atoms with Gasteiger partial charge in [-0.1, -0.05) is 17.3 Å². The topological polar surface area (TPSA) is 30.8 Å². The summed E-state index contributed by atoms with van der Waals surface area (Å²) >= 11 is 0. The Bertz CT molecular complexity index is 308. The SMILES string of the molecule is COc1ccccc1/C=N/OC(C)C. The van der Waals surface area contributed by atoms with Gasteiger partial charge in [-0.05, 0) is 26.0 Å². The standard InChI is InChI=1S/C11H15NO2/c1-9(2)14-12-8-10-6-4-5-7-11(10)13-3/h4-9H,1-3H3/b12-8+. The largest absolute Gasteiger partial charge is 0.496 e. The molecule has 0 radical (unpaired) electrons. The number of methoxy groups -OCH3 is 1. The lowest BCUT2D eigenvalue weighted by Gasteiger charge is -2.04. The predicted octanol–water partition coefficient (Wildman–Crippen LogP) is 2.45. The van der Waals surface area contributed by atoms with Crippen LogP contribution in [0, 0.1) is 0 Å². The molecule has 1 aromatic carbocycles. The smallest absolute Gasteiger partial charge is 0.127 e.